The van der Waals surface area contributed by atoms with E-state index in [1.165, 1.54) is 0 Å². The fourth-order valence-electron chi connectivity index (χ4n) is 3.33. The van der Waals surface area contributed by atoms with Crippen LogP contribution in [0.15, 0.2) is 54.3 Å². The average Bonchev–Trinajstić information content (AvgIpc) is 3.26. The van der Waals surface area contributed by atoms with Gasteiger partial charge in [-0.1, -0.05) is 31.2 Å². The fraction of sp³-hybridized carbons (Fsp3) is 0.227. The van der Waals surface area contributed by atoms with E-state index < -0.39 is 0 Å². The minimum atomic E-state index is -0.334. The van der Waals surface area contributed by atoms with Crippen molar-refractivity contribution in [2.24, 2.45) is 0 Å². The third-order valence-electron chi connectivity index (χ3n) is 4.81. The number of aliphatic hydroxyl groups is 1. The summed E-state index contributed by atoms with van der Waals surface area (Å²) in [5.74, 6) is 0.492. The number of benzene rings is 2. The Morgan fingerprint density at radius 2 is 2.00 bits per heavy atom. The van der Waals surface area contributed by atoms with Crippen LogP contribution in [0.3, 0.4) is 0 Å². The van der Waals surface area contributed by atoms with E-state index in [0.717, 1.165) is 23.0 Å². The number of rotatable bonds is 6. The monoisotopic (exact) mass is 390 g/mol. The highest BCUT2D eigenvalue weighted by Crippen LogP contribution is 2.28. The molecule has 1 aliphatic heterocycles. The number of esters is 1. The molecule has 148 valence electrons. The second-order valence-electron chi connectivity index (χ2n) is 6.96. The van der Waals surface area contributed by atoms with Crippen LogP contribution in [-0.4, -0.2) is 44.9 Å². The van der Waals surface area contributed by atoms with E-state index in [1.54, 1.807) is 17.0 Å². The van der Waals surface area contributed by atoms with E-state index in [-0.39, 0.29) is 24.1 Å². The summed E-state index contributed by atoms with van der Waals surface area (Å²) < 4.78 is 5.14. The maximum Gasteiger partial charge on any atom is 0.338 e. The summed E-state index contributed by atoms with van der Waals surface area (Å²) in [6, 6.07) is 14.7. The molecule has 2 heterocycles. The number of para-hydroxylation sites is 2. The van der Waals surface area contributed by atoms with Crippen molar-refractivity contribution in [2.45, 2.75) is 19.9 Å². The van der Waals surface area contributed by atoms with Crippen molar-refractivity contribution in [3.63, 3.8) is 0 Å². The topological polar surface area (TPSA) is 102 Å². The maximum atomic E-state index is 11.9. The standard InChI is InChI=1S/C22H22N4O3/c1-2-11-29-22(28)15-9-7-14(8-10-15)12-26-13-18(27)19(20(26)23)21-24-16-5-3-4-6-17(16)25-21/h3-10,23,27H,2,11-13H2,1H3,(H,24,25). The van der Waals surface area contributed by atoms with Gasteiger partial charge in [-0.25, -0.2) is 9.78 Å². The molecule has 2 aromatic carbocycles. The lowest BCUT2D eigenvalue weighted by molar-refractivity contribution is 0.0505. The van der Waals surface area contributed by atoms with Crippen LogP contribution in [0.2, 0.25) is 0 Å². The molecule has 0 atom stereocenters. The van der Waals surface area contributed by atoms with Crippen molar-refractivity contribution in [1.29, 1.82) is 5.41 Å². The molecule has 29 heavy (non-hydrogen) atoms. The zero-order valence-corrected chi connectivity index (χ0v) is 16.1. The van der Waals surface area contributed by atoms with Gasteiger partial charge in [-0.15, -0.1) is 0 Å². The van der Waals surface area contributed by atoms with Crippen LogP contribution in [0.1, 0.15) is 35.1 Å². The van der Waals surface area contributed by atoms with Gasteiger partial charge < -0.3 is 19.7 Å². The zero-order valence-electron chi connectivity index (χ0n) is 16.1. The number of fused-ring (bicyclic) bond motifs is 1. The first-order valence-electron chi connectivity index (χ1n) is 9.54. The number of hydrogen-bond donors (Lipinski definition) is 3. The minimum Gasteiger partial charge on any atom is -0.510 e. The molecule has 1 aliphatic rings. The Morgan fingerprint density at radius 1 is 1.24 bits per heavy atom. The Labute approximate surface area is 168 Å². The lowest BCUT2D eigenvalue weighted by Crippen LogP contribution is -2.26. The van der Waals surface area contributed by atoms with Gasteiger partial charge in [0.2, 0.25) is 0 Å². The van der Waals surface area contributed by atoms with Crippen LogP contribution < -0.4 is 0 Å². The van der Waals surface area contributed by atoms with Crippen LogP contribution in [-0.2, 0) is 11.3 Å². The van der Waals surface area contributed by atoms with Crippen LogP contribution >= 0.6 is 0 Å². The van der Waals surface area contributed by atoms with Crippen molar-refractivity contribution >= 4 is 28.4 Å². The van der Waals surface area contributed by atoms with E-state index in [1.807, 2.05) is 43.3 Å². The van der Waals surface area contributed by atoms with Gasteiger partial charge in [-0.2, -0.15) is 0 Å². The Kier molecular flexibility index (Phi) is 5.03. The molecule has 0 amide bonds. The summed E-state index contributed by atoms with van der Waals surface area (Å²) in [7, 11) is 0. The first-order valence-corrected chi connectivity index (χ1v) is 9.54. The molecule has 0 saturated carbocycles. The number of aromatic nitrogens is 2. The highest BCUT2D eigenvalue weighted by Gasteiger charge is 2.30. The number of aromatic amines is 1. The molecule has 0 fully saturated rings. The van der Waals surface area contributed by atoms with Gasteiger partial charge in [-0.05, 0) is 36.2 Å². The number of carbonyl (C=O) groups excluding carboxylic acids is 1. The van der Waals surface area contributed by atoms with Gasteiger partial charge in [-0.3, -0.25) is 5.41 Å². The molecule has 0 spiro atoms. The Hall–Kier alpha value is -3.61. The molecule has 0 bridgehead atoms. The van der Waals surface area contributed by atoms with Gasteiger partial charge in [0.05, 0.1) is 35.3 Å². The van der Waals surface area contributed by atoms with Gasteiger partial charge in [0.25, 0.3) is 0 Å². The molecule has 0 saturated heterocycles. The van der Waals surface area contributed by atoms with Gasteiger partial charge in [0, 0.05) is 6.54 Å². The number of nitrogens with zero attached hydrogens (tertiary/aromatic N) is 2. The zero-order chi connectivity index (χ0) is 20.4. The SMILES string of the molecule is CCCOC(=O)c1ccc(CN2CC(O)=C(c3nc4ccccc4[nH]3)C2=N)cc1. The summed E-state index contributed by atoms with van der Waals surface area (Å²) in [5, 5.41) is 19.0. The molecule has 7 nitrogen and oxygen atoms in total. The van der Waals surface area contributed by atoms with E-state index >= 15 is 0 Å². The molecule has 3 N–H and O–H groups in total. The van der Waals surface area contributed by atoms with Crippen molar-refractivity contribution < 1.29 is 14.6 Å². The van der Waals surface area contributed by atoms with E-state index in [4.69, 9.17) is 10.1 Å². The molecule has 0 aliphatic carbocycles. The van der Waals surface area contributed by atoms with Gasteiger partial charge >= 0.3 is 5.97 Å². The second kappa shape index (κ2) is 7.79. The summed E-state index contributed by atoms with van der Waals surface area (Å²) in [6.45, 7) is 3.04. The van der Waals surface area contributed by atoms with Crippen molar-refractivity contribution in [1.82, 2.24) is 14.9 Å². The number of nitrogens with one attached hydrogen (secondary N) is 2. The van der Waals surface area contributed by atoms with Gasteiger partial charge in [0.15, 0.2) is 0 Å². The minimum absolute atomic E-state index is 0.119. The van der Waals surface area contributed by atoms with Crippen LogP contribution in [0.4, 0.5) is 0 Å². The average molecular weight is 390 g/mol. The smallest absolute Gasteiger partial charge is 0.338 e. The quantitative estimate of drug-likeness (QED) is 0.554. The lowest BCUT2D eigenvalue weighted by atomic mass is 10.1. The molecule has 1 aromatic heterocycles. The second-order valence-corrected chi connectivity index (χ2v) is 6.96. The summed E-state index contributed by atoms with van der Waals surface area (Å²) in [5.41, 5.74) is 3.50. The predicted molar refractivity (Wildman–Crippen MR) is 111 cm³/mol. The Balaban J connectivity index is 1.47. The van der Waals surface area contributed by atoms with Crippen LogP contribution in [0.5, 0.6) is 0 Å². The van der Waals surface area contributed by atoms with Gasteiger partial charge in [0.1, 0.15) is 17.4 Å². The molecule has 0 unspecified atom stereocenters. The number of carbonyl (C=O) groups is 1. The lowest BCUT2D eigenvalue weighted by Gasteiger charge is -2.18. The third kappa shape index (κ3) is 3.71. The van der Waals surface area contributed by atoms with E-state index in [9.17, 15) is 9.90 Å². The Morgan fingerprint density at radius 3 is 2.72 bits per heavy atom. The highest BCUT2D eigenvalue weighted by molar-refractivity contribution is 6.23. The van der Waals surface area contributed by atoms with Crippen molar-refractivity contribution in [2.75, 3.05) is 13.2 Å². The molecule has 4 rings (SSSR count). The highest BCUT2D eigenvalue weighted by atomic mass is 16.5. The number of hydrogen-bond acceptors (Lipinski definition) is 5. The van der Waals surface area contributed by atoms with Crippen LogP contribution in [0.25, 0.3) is 16.6 Å². The number of H-pyrrole nitrogens is 1. The normalized spacial score (nSPS) is 14.1. The number of amidine groups is 1. The third-order valence-corrected chi connectivity index (χ3v) is 4.81. The summed E-state index contributed by atoms with van der Waals surface area (Å²) in [4.78, 5) is 21.3. The number of ether oxygens (including phenoxy) is 1. The largest absolute Gasteiger partial charge is 0.510 e. The first-order chi connectivity index (χ1) is 14.1. The fourth-order valence-corrected chi connectivity index (χ4v) is 3.33. The van der Waals surface area contributed by atoms with E-state index in [2.05, 4.69) is 9.97 Å². The molecule has 0 radical (unpaired) electrons. The summed E-state index contributed by atoms with van der Waals surface area (Å²) in [6.07, 6.45) is 0.783. The molecule has 3 aromatic rings. The maximum absolute atomic E-state index is 11.9. The molecule has 7 heteroatoms. The number of imidazole rings is 1. The Bertz CT molecular complexity index is 1070. The summed E-state index contributed by atoms with van der Waals surface area (Å²) >= 11 is 0. The van der Waals surface area contributed by atoms with Crippen LogP contribution in [0, 0.1) is 5.41 Å². The first kappa shape index (κ1) is 18.7. The van der Waals surface area contributed by atoms with E-state index in [0.29, 0.717) is 30.1 Å². The molecular formula is C22H22N4O3. The van der Waals surface area contributed by atoms with Crippen molar-refractivity contribution in [3.8, 4) is 0 Å². The molecular weight excluding hydrogens is 368 g/mol. The predicted octanol–water partition coefficient (Wildman–Crippen LogP) is 3.89. The number of aliphatic hydroxyl groups excluding tert-OH is 1. The van der Waals surface area contributed by atoms with Crippen molar-refractivity contribution in [3.05, 3.63) is 71.2 Å².